The molecule has 13 heavy (non-hydrogen) atoms. The number of aromatic nitrogens is 5. The Labute approximate surface area is 74.8 Å². The molecule has 2 rings (SSSR count). The fourth-order valence-corrected chi connectivity index (χ4v) is 1.15. The van der Waals surface area contributed by atoms with E-state index in [0.29, 0.717) is 5.82 Å². The SMILES string of the molecule is CCn1cnnc1-c1cc(N)n[nH]1. The van der Waals surface area contributed by atoms with Gasteiger partial charge in [-0.2, -0.15) is 5.10 Å². The molecule has 0 saturated carbocycles. The number of hydrogen-bond acceptors (Lipinski definition) is 4. The highest BCUT2D eigenvalue weighted by atomic mass is 15.3. The molecule has 2 aromatic rings. The second-order valence-corrected chi connectivity index (χ2v) is 2.65. The van der Waals surface area contributed by atoms with E-state index in [-0.39, 0.29) is 0 Å². The third-order valence-corrected chi connectivity index (χ3v) is 1.79. The van der Waals surface area contributed by atoms with E-state index in [1.807, 2.05) is 11.5 Å². The van der Waals surface area contributed by atoms with Crippen molar-refractivity contribution >= 4 is 5.82 Å². The molecule has 0 fully saturated rings. The van der Waals surface area contributed by atoms with Crippen molar-refractivity contribution in [2.45, 2.75) is 13.5 Å². The first-order valence-electron chi connectivity index (χ1n) is 4.00. The third-order valence-electron chi connectivity index (χ3n) is 1.79. The molecule has 0 spiro atoms. The van der Waals surface area contributed by atoms with Crippen LogP contribution in [-0.2, 0) is 6.54 Å². The summed E-state index contributed by atoms with van der Waals surface area (Å²) in [6.07, 6.45) is 1.67. The van der Waals surface area contributed by atoms with E-state index in [1.54, 1.807) is 12.4 Å². The number of nitrogen functional groups attached to an aromatic ring is 1. The summed E-state index contributed by atoms with van der Waals surface area (Å²) in [5.41, 5.74) is 6.27. The summed E-state index contributed by atoms with van der Waals surface area (Å²) in [6, 6.07) is 1.73. The smallest absolute Gasteiger partial charge is 0.181 e. The lowest BCUT2D eigenvalue weighted by Gasteiger charge is -1.98. The van der Waals surface area contributed by atoms with Crippen LogP contribution in [0.25, 0.3) is 11.5 Å². The van der Waals surface area contributed by atoms with Crippen molar-refractivity contribution in [2.75, 3.05) is 5.73 Å². The quantitative estimate of drug-likeness (QED) is 0.691. The Balaban J connectivity index is 2.45. The molecule has 0 aliphatic rings. The van der Waals surface area contributed by atoms with Crippen LogP contribution < -0.4 is 5.73 Å². The fraction of sp³-hybridized carbons (Fsp3) is 0.286. The first kappa shape index (κ1) is 7.78. The number of anilines is 1. The van der Waals surface area contributed by atoms with Gasteiger partial charge in [0.15, 0.2) is 5.82 Å². The van der Waals surface area contributed by atoms with Gasteiger partial charge in [0.05, 0.1) is 0 Å². The monoisotopic (exact) mass is 178 g/mol. The largest absolute Gasteiger partial charge is 0.382 e. The highest BCUT2D eigenvalue weighted by Gasteiger charge is 2.07. The van der Waals surface area contributed by atoms with Crippen LogP contribution in [0.2, 0.25) is 0 Å². The molecule has 68 valence electrons. The lowest BCUT2D eigenvalue weighted by molar-refractivity contribution is 0.764. The highest BCUT2D eigenvalue weighted by molar-refractivity contribution is 5.53. The Hall–Kier alpha value is -1.85. The Kier molecular flexibility index (Phi) is 1.73. The number of nitrogens with one attached hydrogen (secondary N) is 1. The minimum atomic E-state index is 0.459. The Morgan fingerprint density at radius 1 is 1.62 bits per heavy atom. The highest BCUT2D eigenvalue weighted by Crippen LogP contribution is 2.14. The van der Waals surface area contributed by atoms with Crippen LogP contribution in [0, 0.1) is 0 Å². The topological polar surface area (TPSA) is 85.4 Å². The first-order valence-corrected chi connectivity index (χ1v) is 4.00. The van der Waals surface area contributed by atoms with Crippen LogP contribution in [0.3, 0.4) is 0 Å². The van der Waals surface area contributed by atoms with E-state index in [9.17, 15) is 0 Å². The molecule has 0 unspecified atom stereocenters. The number of aryl methyl sites for hydroxylation is 1. The molecule has 6 heteroatoms. The number of rotatable bonds is 2. The number of nitrogens with two attached hydrogens (primary N) is 1. The molecule has 6 nitrogen and oxygen atoms in total. The van der Waals surface area contributed by atoms with Gasteiger partial charge in [-0.1, -0.05) is 0 Å². The van der Waals surface area contributed by atoms with Crippen molar-refractivity contribution < 1.29 is 0 Å². The van der Waals surface area contributed by atoms with E-state index >= 15 is 0 Å². The summed E-state index contributed by atoms with van der Waals surface area (Å²) in [6.45, 7) is 2.84. The fourth-order valence-electron chi connectivity index (χ4n) is 1.15. The van der Waals surface area contributed by atoms with Gasteiger partial charge in [-0.25, -0.2) is 0 Å². The van der Waals surface area contributed by atoms with Gasteiger partial charge in [-0.15, -0.1) is 10.2 Å². The van der Waals surface area contributed by atoms with E-state index in [0.717, 1.165) is 18.1 Å². The number of hydrogen-bond donors (Lipinski definition) is 2. The first-order chi connectivity index (χ1) is 6.31. The van der Waals surface area contributed by atoms with E-state index in [1.165, 1.54) is 0 Å². The molecule has 0 aromatic carbocycles. The molecule has 0 atom stereocenters. The maximum atomic E-state index is 5.48. The Bertz CT molecular complexity index is 401. The summed E-state index contributed by atoms with van der Waals surface area (Å²) in [7, 11) is 0. The molecule has 0 saturated heterocycles. The van der Waals surface area contributed by atoms with E-state index < -0.39 is 0 Å². The van der Waals surface area contributed by atoms with Gasteiger partial charge in [0, 0.05) is 12.6 Å². The molecule has 2 heterocycles. The average Bonchev–Trinajstić information content (AvgIpc) is 2.71. The van der Waals surface area contributed by atoms with E-state index in [4.69, 9.17) is 5.73 Å². The molecular formula is C7H10N6. The molecule has 2 aromatic heterocycles. The minimum Gasteiger partial charge on any atom is -0.382 e. The summed E-state index contributed by atoms with van der Waals surface area (Å²) < 4.78 is 1.91. The predicted octanol–water partition coefficient (Wildman–Crippen LogP) is 0.270. The minimum absolute atomic E-state index is 0.459. The number of H-pyrrole nitrogens is 1. The zero-order valence-corrected chi connectivity index (χ0v) is 7.23. The molecule has 3 N–H and O–H groups in total. The van der Waals surface area contributed by atoms with Crippen LogP contribution in [0.4, 0.5) is 5.82 Å². The van der Waals surface area contributed by atoms with Crippen molar-refractivity contribution in [1.82, 2.24) is 25.0 Å². The second-order valence-electron chi connectivity index (χ2n) is 2.65. The van der Waals surface area contributed by atoms with Crippen molar-refractivity contribution in [1.29, 1.82) is 0 Å². The number of aromatic amines is 1. The second kappa shape index (κ2) is 2.89. The lowest BCUT2D eigenvalue weighted by Crippen LogP contribution is -1.95. The average molecular weight is 178 g/mol. The van der Waals surface area contributed by atoms with Gasteiger partial charge in [0.25, 0.3) is 0 Å². The third kappa shape index (κ3) is 1.26. The van der Waals surface area contributed by atoms with Gasteiger partial charge in [-0.3, -0.25) is 5.10 Å². The molecule has 0 aliphatic heterocycles. The molecule has 0 radical (unpaired) electrons. The van der Waals surface area contributed by atoms with Crippen molar-refractivity contribution in [2.24, 2.45) is 0 Å². The van der Waals surface area contributed by atoms with Gasteiger partial charge >= 0.3 is 0 Å². The summed E-state index contributed by atoms with van der Waals surface area (Å²) >= 11 is 0. The van der Waals surface area contributed by atoms with Gasteiger partial charge in [0.1, 0.15) is 17.8 Å². The van der Waals surface area contributed by atoms with Crippen LogP contribution >= 0.6 is 0 Å². The Morgan fingerprint density at radius 2 is 2.46 bits per heavy atom. The van der Waals surface area contributed by atoms with Gasteiger partial charge in [0.2, 0.25) is 0 Å². The predicted molar refractivity (Wildman–Crippen MR) is 47.7 cm³/mol. The van der Waals surface area contributed by atoms with Crippen LogP contribution in [0.1, 0.15) is 6.92 Å². The van der Waals surface area contributed by atoms with Crippen LogP contribution in [0.5, 0.6) is 0 Å². The standard InChI is InChI=1S/C7H10N6/c1-2-13-4-9-12-7(13)5-3-6(8)11-10-5/h3-4H,2H2,1H3,(H3,8,10,11). The lowest BCUT2D eigenvalue weighted by atomic mass is 10.4. The summed E-state index contributed by atoms with van der Waals surface area (Å²) in [4.78, 5) is 0. The maximum absolute atomic E-state index is 5.48. The zero-order chi connectivity index (χ0) is 9.26. The van der Waals surface area contributed by atoms with Crippen molar-refractivity contribution in [3.63, 3.8) is 0 Å². The summed E-state index contributed by atoms with van der Waals surface area (Å²) in [5.74, 6) is 1.22. The summed E-state index contributed by atoms with van der Waals surface area (Å²) in [5, 5.41) is 14.4. The van der Waals surface area contributed by atoms with Crippen LogP contribution in [0.15, 0.2) is 12.4 Å². The van der Waals surface area contributed by atoms with Crippen LogP contribution in [-0.4, -0.2) is 25.0 Å². The molecule has 0 aliphatic carbocycles. The molecular weight excluding hydrogens is 168 g/mol. The molecule has 0 amide bonds. The maximum Gasteiger partial charge on any atom is 0.181 e. The van der Waals surface area contributed by atoms with Gasteiger partial charge in [-0.05, 0) is 6.92 Å². The Morgan fingerprint density at radius 3 is 3.08 bits per heavy atom. The van der Waals surface area contributed by atoms with Gasteiger partial charge < -0.3 is 10.3 Å². The van der Waals surface area contributed by atoms with Crippen molar-refractivity contribution in [3.8, 4) is 11.5 Å². The molecule has 0 bridgehead atoms. The zero-order valence-electron chi connectivity index (χ0n) is 7.23. The number of nitrogens with zero attached hydrogens (tertiary/aromatic N) is 4. The van der Waals surface area contributed by atoms with Crippen molar-refractivity contribution in [3.05, 3.63) is 12.4 Å². The normalized spacial score (nSPS) is 10.5. The van der Waals surface area contributed by atoms with E-state index in [2.05, 4.69) is 20.4 Å².